The number of nitrogens with zero attached hydrogens (tertiary/aromatic N) is 1. The first-order valence-corrected chi connectivity index (χ1v) is 10.9. The maximum absolute atomic E-state index is 12.4. The van der Waals surface area contributed by atoms with Gasteiger partial charge in [-0.2, -0.15) is 0 Å². The number of carbonyl (C=O) groups excluding carboxylic acids is 1. The molecule has 0 saturated heterocycles. The third kappa shape index (κ3) is 4.99. The molecular weight excluding hydrogens is 400 g/mol. The molecule has 0 bridgehead atoms. The monoisotopic (exact) mass is 428 g/mol. The van der Waals surface area contributed by atoms with E-state index in [1.54, 1.807) is 0 Å². The van der Waals surface area contributed by atoms with E-state index < -0.39 is 0 Å². The number of nitrogens with one attached hydrogen (secondary N) is 1. The highest BCUT2D eigenvalue weighted by molar-refractivity contribution is 5.92. The molecule has 0 fully saturated rings. The number of fused-ring (bicyclic) bond motifs is 1. The zero-order chi connectivity index (χ0) is 22.7. The van der Waals surface area contributed by atoms with Crippen molar-refractivity contribution in [2.75, 3.05) is 11.9 Å². The van der Waals surface area contributed by atoms with E-state index in [1.165, 1.54) is 11.1 Å². The second-order valence-corrected chi connectivity index (χ2v) is 8.54. The van der Waals surface area contributed by atoms with Gasteiger partial charge in [0.25, 0.3) is 5.91 Å². The number of benzene rings is 3. The summed E-state index contributed by atoms with van der Waals surface area (Å²) in [5.41, 5.74) is 5.50. The molecule has 5 heteroatoms. The summed E-state index contributed by atoms with van der Waals surface area (Å²) in [5.74, 6) is 1.85. The Balaban J connectivity index is 1.42. The number of anilines is 1. The van der Waals surface area contributed by atoms with Crippen LogP contribution in [0, 0.1) is 0 Å². The van der Waals surface area contributed by atoms with Gasteiger partial charge in [-0.25, -0.2) is 4.98 Å². The van der Waals surface area contributed by atoms with Gasteiger partial charge in [0, 0.05) is 11.3 Å². The average Bonchev–Trinajstić information content (AvgIpc) is 3.21. The Hall–Kier alpha value is -3.60. The Labute approximate surface area is 188 Å². The number of aromatic nitrogens is 1. The van der Waals surface area contributed by atoms with Crippen molar-refractivity contribution in [3.63, 3.8) is 0 Å². The van der Waals surface area contributed by atoms with Crippen molar-refractivity contribution in [2.45, 2.75) is 39.5 Å². The zero-order valence-electron chi connectivity index (χ0n) is 18.9. The average molecular weight is 429 g/mol. The lowest BCUT2D eigenvalue weighted by atomic mass is 10.0. The molecule has 0 aliphatic carbocycles. The van der Waals surface area contributed by atoms with Gasteiger partial charge in [0.1, 0.15) is 11.3 Å². The molecule has 0 saturated carbocycles. The number of hydrogen-bond donors (Lipinski definition) is 1. The van der Waals surface area contributed by atoms with Gasteiger partial charge in [-0.15, -0.1) is 0 Å². The number of amides is 1. The van der Waals surface area contributed by atoms with Gasteiger partial charge in [-0.3, -0.25) is 4.79 Å². The minimum atomic E-state index is -0.228. The maximum atomic E-state index is 12.4. The lowest BCUT2D eigenvalue weighted by Gasteiger charge is -2.10. The molecule has 5 nitrogen and oxygen atoms in total. The number of rotatable bonds is 7. The fourth-order valence-corrected chi connectivity index (χ4v) is 3.45. The molecule has 1 amide bonds. The normalized spacial score (nSPS) is 11.3. The van der Waals surface area contributed by atoms with Crippen molar-refractivity contribution in [3.8, 4) is 17.2 Å². The molecule has 32 heavy (non-hydrogen) atoms. The van der Waals surface area contributed by atoms with Gasteiger partial charge < -0.3 is 14.5 Å². The molecule has 4 rings (SSSR count). The number of carbonyl (C=O) groups is 1. The molecule has 4 aromatic rings. The van der Waals surface area contributed by atoms with Crippen LogP contribution in [0.5, 0.6) is 5.75 Å². The highest BCUT2D eigenvalue weighted by Gasteiger charge is 2.12. The van der Waals surface area contributed by atoms with E-state index in [9.17, 15) is 4.79 Å². The highest BCUT2D eigenvalue weighted by Crippen LogP contribution is 2.28. The molecule has 0 radical (unpaired) electrons. The van der Waals surface area contributed by atoms with Gasteiger partial charge in [0.2, 0.25) is 5.89 Å². The SMILES string of the molecule is CC(C)c1ccc(OCC(=O)Nc2cccc(-c3nc4cc(C(C)C)ccc4o3)c2)cc1. The zero-order valence-corrected chi connectivity index (χ0v) is 18.9. The standard InChI is InChI=1S/C27H28N2O3/c1-17(2)19-8-11-23(12-9-19)31-16-26(30)28-22-7-5-6-21(14-22)27-29-24-15-20(18(3)4)10-13-25(24)32-27/h5-15,17-18H,16H2,1-4H3,(H,28,30). The van der Waals surface area contributed by atoms with Crippen LogP contribution in [0.4, 0.5) is 5.69 Å². The summed E-state index contributed by atoms with van der Waals surface area (Å²) in [6.45, 7) is 8.52. The quantitative estimate of drug-likeness (QED) is 0.353. The maximum Gasteiger partial charge on any atom is 0.262 e. The van der Waals surface area contributed by atoms with E-state index in [1.807, 2.05) is 54.6 Å². The van der Waals surface area contributed by atoms with E-state index in [0.29, 0.717) is 29.2 Å². The van der Waals surface area contributed by atoms with E-state index >= 15 is 0 Å². The second kappa shape index (κ2) is 9.27. The Kier molecular flexibility index (Phi) is 6.26. The Bertz CT molecular complexity index is 1220. The van der Waals surface area contributed by atoms with Crippen molar-refractivity contribution < 1.29 is 13.9 Å². The minimum Gasteiger partial charge on any atom is -0.484 e. The summed E-state index contributed by atoms with van der Waals surface area (Å²) in [6.07, 6.45) is 0. The molecule has 1 aromatic heterocycles. The van der Waals surface area contributed by atoms with Gasteiger partial charge in [-0.1, -0.05) is 52.0 Å². The summed E-state index contributed by atoms with van der Waals surface area (Å²) in [7, 11) is 0. The van der Waals surface area contributed by atoms with E-state index in [4.69, 9.17) is 9.15 Å². The molecule has 0 spiro atoms. The van der Waals surface area contributed by atoms with Crippen molar-refractivity contribution in [3.05, 3.63) is 77.9 Å². The fourth-order valence-electron chi connectivity index (χ4n) is 3.45. The first-order chi connectivity index (χ1) is 15.4. The molecule has 1 heterocycles. The van der Waals surface area contributed by atoms with Crippen LogP contribution in [-0.2, 0) is 4.79 Å². The molecule has 1 N–H and O–H groups in total. The topological polar surface area (TPSA) is 64.4 Å². The van der Waals surface area contributed by atoms with Crippen molar-refractivity contribution in [1.82, 2.24) is 4.98 Å². The van der Waals surface area contributed by atoms with Crippen molar-refractivity contribution >= 4 is 22.7 Å². The van der Waals surface area contributed by atoms with Crippen LogP contribution in [-0.4, -0.2) is 17.5 Å². The molecule has 0 unspecified atom stereocenters. The predicted molar refractivity (Wildman–Crippen MR) is 128 cm³/mol. The van der Waals surface area contributed by atoms with Crippen molar-refractivity contribution in [1.29, 1.82) is 0 Å². The Morgan fingerprint density at radius 1 is 0.938 bits per heavy atom. The number of ether oxygens (including phenoxy) is 1. The fraction of sp³-hybridized carbons (Fsp3) is 0.259. The van der Waals surface area contributed by atoms with Crippen LogP contribution < -0.4 is 10.1 Å². The highest BCUT2D eigenvalue weighted by atomic mass is 16.5. The first kappa shape index (κ1) is 21.6. The summed E-state index contributed by atoms with van der Waals surface area (Å²) in [6, 6.07) is 21.4. The van der Waals surface area contributed by atoms with Crippen LogP contribution in [0.25, 0.3) is 22.6 Å². The lowest BCUT2D eigenvalue weighted by molar-refractivity contribution is -0.118. The number of hydrogen-bond acceptors (Lipinski definition) is 4. The van der Waals surface area contributed by atoms with Crippen LogP contribution in [0.15, 0.2) is 71.1 Å². The molecule has 0 atom stereocenters. The Morgan fingerprint density at radius 2 is 1.66 bits per heavy atom. The molecule has 0 aliphatic heterocycles. The molecular formula is C27H28N2O3. The van der Waals surface area contributed by atoms with E-state index in [0.717, 1.165) is 16.7 Å². The van der Waals surface area contributed by atoms with Crippen molar-refractivity contribution in [2.24, 2.45) is 0 Å². The summed E-state index contributed by atoms with van der Waals surface area (Å²) >= 11 is 0. The first-order valence-electron chi connectivity index (χ1n) is 10.9. The number of oxazole rings is 1. The minimum absolute atomic E-state index is 0.0634. The molecule has 0 aliphatic rings. The van der Waals surface area contributed by atoms with Crippen LogP contribution in [0.1, 0.15) is 50.7 Å². The summed E-state index contributed by atoms with van der Waals surface area (Å²) in [4.78, 5) is 17.0. The summed E-state index contributed by atoms with van der Waals surface area (Å²) < 4.78 is 11.5. The second-order valence-electron chi connectivity index (χ2n) is 8.54. The largest absolute Gasteiger partial charge is 0.484 e. The van der Waals surface area contributed by atoms with E-state index in [-0.39, 0.29) is 12.5 Å². The predicted octanol–water partition coefficient (Wildman–Crippen LogP) is 6.76. The molecule has 3 aromatic carbocycles. The Morgan fingerprint density at radius 3 is 2.38 bits per heavy atom. The van der Waals surface area contributed by atoms with Crippen LogP contribution in [0.2, 0.25) is 0 Å². The molecule has 164 valence electrons. The van der Waals surface area contributed by atoms with Crippen LogP contribution >= 0.6 is 0 Å². The van der Waals surface area contributed by atoms with E-state index in [2.05, 4.69) is 50.1 Å². The lowest BCUT2D eigenvalue weighted by Crippen LogP contribution is -2.20. The van der Waals surface area contributed by atoms with Gasteiger partial charge in [0.05, 0.1) is 0 Å². The van der Waals surface area contributed by atoms with Gasteiger partial charge in [0.15, 0.2) is 12.2 Å². The third-order valence-corrected chi connectivity index (χ3v) is 5.39. The van der Waals surface area contributed by atoms with Gasteiger partial charge >= 0.3 is 0 Å². The summed E-state index contributed by atoms with van der Waals surface area (Å²) in [5, 5.41) is 2.88. The van der Waals surface area contributed by atoms with Gasteiger partial charge in [-0.05, 0) is 65.4 Å². The van der Waals surface area contributed by atoms with Crippen LogP contribution in [0.3, 0.4) is 0 Å². The third-order valence-electron chi connectivity index (χ3n) is 5.39. The smallest absolute Gasteiger partial charge is 0.262 e.